The van der Waals surface area contributed by atoms with Gasteiger partial charge >= 0.3 is 0 Å². The maximum absolute atomic E-state index is 11.9. The number of sulfonamides is 1. The molecule has 98 valence electrons. The maximum Gasteiger partial charge on any atom is 0.241 e. The van der Waals surface area contributed by atoms with Crippen molar-refractivity contribution in [3.63, 3.8) is 0 Å². The van der Waals surface area contributed by atoms with Crippen LogP contribution in [0, 0.1) is 0 Å². The second kappa shape index (κ2) is 5.45. The van der Waals surface area contributed by atoms with Crippen molar-refractivity contribution in [3.05, 3.63) is 16.3 Å². The minimum absolute atomic E-state index is 0.149. The number of ether oxygens (including phenoxy) is 1. The Hall–Kier alpha value is -0.470. The molecule has 0 atom stereocenters. The van der Waals surface area contributed by atoms with E-state index in [1.165, 1.54) is 29.9 Å². The van der Waals surface area contributed by atoms with Crippen LogP contribution in [-0.4, -0.2) is 32.8 Å². The summed E-state index contributed by atoms with van der Waals surface area (Å²) in [6, 6.07) is 1.47. The highest BCUT2D eigenvalue weighted by Gasteiger charge is 2.22. The summed E-state index contributed by atoms with van der Waals surface area (Å²) in [5.74, 6) is 0. The Morgan fingerprint density at radius 2 is 2.18 bits per heavy atom. The van der Waals surface area contributed by atoms with Gasteiger partial charge in [0.2, 0.25) is 10.0 Å². The second-order valence-corrected chi connectivity index (χ2v) is 6.96. The molecule has 0 unspecified atom stereocenters. The van der Waals surface area contributed by atoms with Crippen LogP contribution in [-0.2, 0) is 21.4 Å². The average Bonchev–Trinajstić information content (AvgIpc) is 2.76. The fourth-order valence-electron chi connectivity index (χ4n) is 1.01. The van der Waals surface area contributed by atoms with E-state index < -0.39 is 15.6 Å². The molecule has 0 aliphatic heterocycles. The minimum atomic E-state index is -3.52. The number of nitrogens with one attached hydrogen (secondary N) is 1. The summed E-state index contributed by atoms with van der Waals surface area (Å²) in [6.45, 7) is 3.63. The normalized spacial score (nSPS) is 12.9. The lowest BCUT2D eigenvalue weighted by Crippen LogP contribution is -2.39. The van der Waals surface area contributed by atoms with Gasteiger partial charge in [-0.25, -0.2) is 13.1 Å². The van der Waals surface area contributed by atoms with Gasteiger partial charge in [-0.05, 0) is 19.9 Å². The Morgan fingerprint density at radius 3 is 2.65 bits per heavy atom. The van der Waals surface area contributed by atoms with Crippen molar-refractivity contribution in [1.29, 1.82) is 0 Å². The molecule has 0 aromatic carbocycles. The molecule has 0 saturated heterocycles. The molecule has 5 nitrogen and oxygen atoms in total. The smallest absolute Gasteiger partial charge is 0.241 e. The molecule has 0 saturated carbocycles. The molecule has 1 aromatic rings. The first-order valence-corrected chi connectivity index (χ1v) is 7.40. The molecular formula is C10H17NO4S2. The summed E-state index contributed by atoms with van der Waals surface area (Å²) < 4.78 is 31.4. The van der Waals surface area contributed by atoms with E-state index in [4.69, 9.17) is 9.84 Å². The fourth-order valence-corrected chi connectivity index (χ4v) is 3.34. The third kappa shape index (κ3) is 4.04. The third-order valence-corrected chi connectivity index (χ3v) is 4.79. The summed E-state index contributed by atoms with van der Waals surface area (Å²) in [5, 5.41) is 10.4. The lowest BCUT2D eigenvalue weighted by Gasteiger charge is -2.22. The van der Waals surface area contributed by atoms with E-state index in [0.29, 0.717) is 4.88 Å². The van der Waals surface area contributed by atoms with Crippen LogP contribution < -0.4 is 4.72 Å². The molecule has 0 amide bonds. The molecule has 1 aromatic heterocycles. The van der Waals surface area contributed by atoms with E-state index in [2.05, 4.69) is 4.72 Å². The highest BCUT2D eigenvalue weighted by molar-refractivity contribution is 7.89. The molecular weight excluding hydrogens is 262 g/mol. The van der Waals surface area contributed by atoms with Crippen molar-refractivity contribution in [2.75, 3.05) is 13.7 Å². The molecule has 0 aliphatic rings. The predicted molar refractivity (Wildman–Crippen MR) is 66.5 cm³/mol. The first kappa shape index (κ1) is 14.6. The summed E-state index contributed by atoms with van der Waals surface area (Å²) in [4.78, 5) is 0.801. The number of hydrogen-bond acceptors (Lipinski definition) is 5. The number of aliphatic hydroxyl groups excluding tert-OH is 1. The van der Waals surface area contributed by atoms with Gasteiger partial charge in [-0.2, -0.15) is 0 Å². The van der Waals surface area contributed by atoms with Gasteiger partial charge < -0.3 is 9.84 Å². The van der Waals surface area contributed by atoms with Gasteiger partial charge in [0.25, 0.3) is 0 Å². The summed E-state index contributed by atoms with van der Waals surface area (Å²) in [7, 11) is -1.99. The van der Waals surface area contributed by atoms with Gasteiger partial charge in [-0.1, -0.05) is 0 Å². The van der Waals surface area contributed by atoms with Crippen molar-refractivity contribution in [3.8, 4) is 0 Å². The molecule has 1 rings (SSSR count). The lowest BCUT2D eigenvalue weighted by atomic mass is 10.1. The number of hydrogen-bond donors (Lipinski definition) is 2. The van der Waals surface area contributed by atoms with Crippen molar-refractivity contribution in [1.82, 2.24) is 4.72 Å². The van der Waals surface area contributed by atoms with Crippen LogP contribution in [0.25, 0.3) is 0 Å². The third-order valence-electron chi connectivity index (χ3n) is 2.34. The zero-order valence-electron chi connectivity index (χ0n) is 10.1. The van der Waals surface area contributed by atoms with Crippen molar-refractivity contribution in [2.24, 2.45) is 0 Å². The van der Waals surface area contributed by atoms with E-state index >= 15 is 0 Å². The highest BCUT2D eigenvalue weighted by Crippen LogP contribution is 2.19. The van der Waals surface area contributed by atoms with E-state index in [1.54, 1.807) is 13.8 Å². The lowest BCUT2D eigenvalue weighted by molar-refractivity contribution is 0.0276. The summed E-state index contributed by atoms with van der Waals surface area (Å²) >= 11 is 1.22. The quantitative estimate of drug-likeness (QED) is 0.812. The largest absolute Gasteiger partial charge is 0.391 e. The van der Waals surface area contributed by atoms with Gasteiger partial charge in [0.1, 0.15) is 0 Å². The Kier molecular flexibility index (Phi) is 4.68. The van der Waals surface area contributed by atoms with Crippen LogP contribution in [0.15, 0.2) is 16.3 Å². The molecule has 17 heavy (non-hydrogen) atoms. The number of methoxy groups -OCH3 is 1. The van der Waals surface area contributed by atoms with Crippen LogP contribution in [0.3, 0.4) is 0 Å². The second-order valence-electron chi connectivity index (χ2n) is 4.20. The first-order valence-electron chi connectivity index (χ1n) is 5.04. The zero-order valence-corrected chi connectivity index (χ0v) is 11.7. The monoisotopic (exact) mass is 279 g/mol. The van der Waals surface area contributed by atoms with Crippen molar-refractivity contribution in [2.45, 2.75) is 31.0 Å². The minimum Gasteiger partial charge on any atom is -0.391 e. The molecule has 0 spiro atoms. The number of rotatable bonds is 6. The molecule has 0 fully saturated rings. The van der Waals surface area contributed by atoms with Gasteiger partial charge in [0, 0.05) is 23.9 Å². The van der Waals surface area contributed by atoms with Gasteiger partial charge in [-0.15, -0.1) is 11.3 Å². The van der Waals surface area contributed by atoms with Crippen LogP contribution in [0.1, 0.15) is 18.7 Å². The molecule has 1 heterocycles. The Bertz CT molecular complexity index is 464. The Balaban J connectivity index is 2.76. The van der Waals surface area contributed by atoms with Gasteiger partial charge in [-0.3, -0.25) is 0 Å². The standard InChI is InChI=1S/C10H17NO4S2/c1-10(2,15-3)7-11-17(13,14)9-4-8(5-12)16-6-9/h4,6,11-12H,5,7H2,1-3H3. The van der Waals surface area contributed by atoms with E-state index in [9.17, 15) is 8.42 Å². The van der Waals surface area contributed by atoms with Crippen molar-refractivity contribution < 1.29 is 18.3 Å². The van der Waals surface area contributed by atoms with Crippen LogP contribution in [0.2, 0.25) is 0 Å². The number of thiophene rings is 1. The molecule has 0 radical (unpaired) electrons. The highest BCUT2D eigenvalue weighted by atomic mass is 32.2. The first-order chi connectivity index (χ1) is 7.80. The Labute approximate surface area is 105 Å². The zero-order chi connectivity index (χ0) is 13.1. The van der Waals surface area contributed by atoms with Gasteiger partial charge in [0.15, 0.2) is 0 Å². The van der Waals surface area contributed by atoms with Gasteiger partial charge in [0.05, 0.1) is 17.1 Å². The SMILES string of the molecule is COC(C)(C)CNS(=O)(=O)c1csc(CO)c1. The topological polar surface area (TPSA) is 75.6 Å². The van der Waals surface area contributed by atoms with Crippen LogP contribution in [0.5, 0.6) is 0 Å². The van der Waals surface area contributed by atoms with Crippen LogP contribution in [0.4, 0.5) is 0 Å². The molecule has 0 aliphatic carbocycles. The average molecular weight is 279 g/mol. The van der Waals surface area contributed by atoms with Crippen molar-refractivity contribution >= 4 is 21.4 Å². The summed E-state index contributed by atoms with van der Waals surface area (Å²) in [6.07, 6.45) is 0. The number of aliphatic hydroxyl groups is 1. The van der Waals surface area contributed by atoms with Crippen LogP contribution >= 0.6 is 11.3 Å². The summed E-state index contributed by atoms with van der Waals surface area (Å²) in [5.41, 5.74) is -0.553. The van der Waals surface area contributed by atoms with E-state index in [-0.39, 0.29) is 18.0 Å². The molecule has 2 N–H and O–H groups in total. The molecule has 0 bridgehead atoms. The molecule has 7 heteroatoms. The Morgan fingerprint density at radius 1 is 1.53 bits per heavy atom. The maximum atomic E-state index is 11.9. The van der Waals surface area contributed by atoms with E-state index in [1.807, 2.05) is 0 Å². The predicted octanol–water partition coefficient (Wildman–Crippen LogP) is 0.944. The fraction of sp³-hybridized carbons (Fsp3) is 0.600. The van der Waals surface area contributed by atoms with E-state index in [0.717, 1.165) is 0 Å².